The van der Waals surface area contributed by atoms with E-state index in [1.165, 1.54) is 4.90 Å². The van der Waals surface area contributed by atoms with E-state index in [0.717, 1.165) is 6.29 Å². The molecule has 20 heavy (non-hydrogen) atoms. The highest BCUT2D eigenvalue weighted by atomic mass is 79.9. The van der Waals surface area contributed by atoms with E-state index in [-0.39, 0.29) is 23.0 Å². The molecule has 0 fully saturated rings. The summed E-state index contributed by atoms with van der Waals surface area (Å²) >= 11 is 3.07. The van der Waals surface area contributed by atoms with Gasteiger partial charge in [0.1, 0.15) is 12.1 Å². The molecule has 0 bridgehead atoms. The van der Waals surface area contributed by atoms with Crippen molar-refractivity contribution in [1.82, 2.24) is 4.90 Å². The van der Waals surface area contributed by atoms with Crippen LogP contribution in [0, 0.1) is 5.82 Å². The number of carbonyl (C=O) groups excluding carboxylic acids is 2. The van der Waals surface area contributed by atoms with Crippen molar-refractivity contribution in [3.8, 4) is 0 Å². The Kier molecular flexibility index (Phi) is 4.23. The summed E-state index contributed by atoms with van der Waals surface area (Å²) in [7, 11) is 0. The fourth-order valence-corrected chi connectivity index (χ4v) is 2.70. The number of halogens is 2. The fraction of sp³-hybridized carbons (Fsp3) is 0.286. The van der Waals surface area contributed by atoms with Gasteiger partial charge in [0.15, 0.2) is 0 Å². The van der Waals surface area contributed by atoms with Crippen molar-refractivity contribution < 1.29 is 14.0 Å². The van der Waals surface area contributed by atoms with Gasteiger partial charge in [0, 0.05) is 18.7 Å². The van der Waals surface area contributed by atoms with Crippen molar-refractivity contribution in [1.29, 1.82) is 0 Å². The summed E-state index contributed by atoms with van der Waals surface area (Å²) in [5, 5.41) is 0. The number of hydrogen-bond acceptors (Lipinski definition) is 3. The van der Waals surface area contributed by atoms with Crippen LogP contribution >= 0.6 is 15.9 Å². The average molecular weight is 341 g/mol. The lowest BCUT2D eigenvalue weighted by molar-refractivity contribution is -0.108. The zero-order chi connectivity index (χ0) is 14.9. The zero-order valence-corrected chi connectivity index (χ0v) is 12.3. The van der Waals surface area contributed by atoms with Gasteiger partial charge in [0.25, 0.3) is 5.91 Å². The molecule has 0 aromatic heterocycles. The number of fused-ring (bicyclic) bond motifs is 1. The number of amides is 1. The average Bonchev–Trinajstić information content (AvgIpc) is 2.72. The molecule has 0 radical (unpaired) electrons. The van der Waals surface area contributed by atoms with E-state index in [1.54, 1.807) is 12.1 Å². The van der Waals surface area contributed by atoms with Crippen LogP contribution in [-0.4, -0.2) is 23.1 Å². The van der Waals surface area contributed by atoms with Crippen LogP contribution in [0.15, 0.2) is 28.9 Å². The molecular weight excluding hydrogens is 327 g/mol. The van der Waals surface area contributed by atoms with Crippen molar-refractivity contribution in [2.45, 2.75) is 25.4 Å². The van der Waals surface area contributed by atoms with Crippen LogP contribution in [0.5, 0.6) is 0 Å². The van der Waals surface area contributed by atoms with Crippen molar-refractivity contribution in [2.75, 3.05) is 0 Å². The Balaban J connectivity index is 2.33. The van der Waals surface area contributed by atoms with E-state index in [9.17, 15) is 14.0 Å². The van der Waals surface area contributed by atoms with Gasteiger partial charge in [-0.2, -0.15) is 0 Å². The Morgan fingerprint density at radius 3 is 2.90 bits per heavy atom. The molecule has 1 aromatic carbocycles. The first-order valence-corrected chi connectivity index (χ1v) is 6.92. The number of nitrogens with two attached hydrogens (primary N) is 1. The highest BCUT2D eigenvalue weighted by molar-refractivity contribution is 9.10. The molecule has 6 heteroatoms. The first-order valence-electron chi connectivity index (χ1n) is 6.13. The highest BCUT2D eigenvalue weighted by Crippen LogP contribution is 2.32. The standard InChI is InChI=1S/C14H14BrFN2O2/c1-8(17)11(3-2-6-19)18-7-9-4-5-10(15)13(16)12(9)14(18)20/h4-6,11H,1-3,7,17H2. The second-order valence-corrected chi connectivity index (χ2v) is 5.52. The second kappa shape index (κ2) is 5.75. The van der Waals surface area contributed by atoms with Gasteiger partial charge in [-0.25, -0.2) is 4.39 Å². The second-order valence-electron chi connectivity index (χ2n) is 4.66. The van der Waals surface area contributed by atoms with Crippen LogP contribution in [0.2, 0.25) is 0 Å². The molecule has 0 aliphatic carbocycles. The molecule has 106 valence electrons. The highest BCUT2D eigenvalue weighted by Gasteiger charge is 2.35. The molecule has 1 amide bonds. The molecule has 0 spiro atoms. The Morgan fingerprint density at radius 1 is 1.60 bits per heavy atom. The molecule has 0 saturated carbocycles. The third-order valence-electron chi connectivity index (χ3n) is 3.36. The number of benzene rings is 1. The third kappa shape index (κ3) is 2.47. The van der Waals surface area contributed by atoms with Crippen LogP contribution in [0.1, 0.15) is 28.8 Å². The molecule has 1 aliphatic heterocycles. The minimum absolute atomic E-state index is 0.0664. The van der Waals surface area contributed by atoms with Gasteiger partial charge in [-0.3, -0.25) is 4.79 Å². The lowest BCUT2D eigenvalue weighted by atomic mass is 10.1. The monoisotopic (exact) mass is 340 g/mol. The van der Waals surface area contributed by atoms with Gasteiger partial charge < -0.3 is 15.4 Å². The minimum atomic E-state index is -0.563. The topological polar surface area (TPSA) is 63.4 Å². The molecule has 2 N–H and O–H groups in total. The van der Waals surface area contributed by atoms with E-state index < -0.39 is 17.8 Å². The maximum absolute atomic E-state index is 14.0. The lowest BCUT2D eigenvalue weighted by Gasteiger charge is -2.27. The largest absolute Gasteiger partial charge is 0.401 e. The summed E-state index contributed by atoms with van der Waals surface area (Å²) < 4.78 is 14.3. The van der Waals surface area contributed by atoms with E-state index in [0.29, 0.717) is 17.7 Å². The Hall–Kier alpha value is -1.69. The molecular formula is C14H14BrFN2O2. The van der Waals surface area contributed by atoms with Crippen LogP contribution in [0.25, 0.3) is 0 Å². The zero-order valence-electron chi connectivity index (χ0n) is 10.7. The smallest absolute Gasteiger partial charge is 0.258 e. The maximum atomic E-state index is 14.0. The molecule has 2 rings (SSSR count). The summed E-state index contributed by atoms with van der Waals surface area (Å²) in [4.78, 5) is 24.3. The van der Waals surface area contributed by atoms with E-state index in [1.807, 2.05) is 0 Å². The fourth-order valence-electron chi connectivity index (χ4n) is 2.37. The summed E-state index contributed by atoms with van der Waals surface area (Å²) in [6.45, 7) is 3.93. The van der Waals surface area contributed by atoms with Crippen molar-refractivity contribution >= 4 is 28.1 Å². The molecule has 1 atom stereocenters. The maximum Gasteiger partial charge on any atom is 0.258 e. The van der Waals surface area contributed by atoms with Crippen LogP contribution < -0.4 is 5.73 Å². The van der Waals surface area contributed by atoms with Gasteiger partial charge in [0.2, 0.25) is 0 Å². The third-order valence-corrected chi connectivity index (χ3v) is 3.97. The molecule has 1 aromatic rings. The van der Waals surface area contributed by atoms with Gasteiger partial charge >= 0.3 is 0 Å². The lowest BCUT2D eigenvalue weighted by Crippen LogP contribution is -2.39. The summed E-state index contributed by atoms with van der Waals surface area (Å²) in [5.74, 6) is -0.979. The Labute approximate surface area is 124 Å². The van der Waals surface area contributed by atoms with Crippen LogP contribution in [0.4, 0.5) is 4.39 Å². The van der Waals surface area contributed by atoms with Crippen molar-refractivity contribution in [3.05, 3.63) is 45.8 Å². The number of hydrogen-bond donors (Lipinski definition) is 1. The quantitative estimate of drug-likeness (QED) is 0.837. The van der Waals surface area contributed by atoms with Gasteiger partial charge in [0.05, 0.1) is 16.1 Å². The molecule has 4 nitrogen and oxygen atoms in total. The number of rotatable bonds is 5. The molecule has 1 aliphatic rings. The Morgan fingerprint density at radius 2 is 2.30 bits per heavy atom. The predicted molar refractivity (Wildman–Crippen MR) is 76.4 cm³/mol. The summed E-state index contributed by atoms with van der Waals surface area (Å²) in [6, 6.07) is 2.82. The molecule has 0 saturated heterocycles. The van der Waals surface area contributed by atoms with Crippen LogP contribution in [0.3, 0.4) is 0 Å². The van der Waals surface area contributed by atoms with Crippen LogP contribution in [-0.2, 0) is 11.3 Å². The van der Waals surface area contributed by atoms with E-state index >= 15 is 0 Å². The van der Waals surface area contributed by atoms with E-state index in [4.69, 9.17) is 5.73 Å². The SMILES string of the molecule is C=C(N)C(CCC=O)N1Cc2ccc(Br)c(F)c2C1=O. The normalized spacial score (nSPS) is 15.1. The summed E-state index contributed by atoms with van der Waals surface area (Å²) in [6.07, 6.45) is 1.43. The number of carbonyl (C=O) groups is 2. The van der Waals surface area contributed by atoms with Gasteiger partial charge in [-0.05, 0) is 34.0 Å². The van der Waals surface area contributed by atoms with E-state index in [2.05, 4.69) is 22.5 Å². The minimum Gasteiger partial charge on any atom is -0.401 e. The predicted octanol–water partition coefficient (Wildman–Crippen LogP) is 2.36. The first-order chi connectivity index (χ1) is 9.47. The summed E-state index contributed by atoms with van der Waals surface area (Å²) in [5.41, 5.74) is 6.70. The molecule has 1 heterocycles. The van der Waals surface area contributed by atoms with Crippen molar-refractivity contribution in [3.63, 3.8) is 0 Å². The number of nitrogens with zero attached hydrogens (tertiary/aromatic N) is 1. The number of aldehydes is 1. The van der Waals surface area contributed by atoms with Gasteiger partial charge in [-0.15, -0.1) is 0 Å². The first kappa shape index (κ1) is 14.7. The Bertz CT molecular complexity index is 589. The van der Waals surface area contributed by atoms with Crippen molar-refractivity contribution in [2.24, 2.45) is 5.73 Å². The molecule has 1 unspecified atom stereocenters. The van der Waals surface area contributed by atoms with Gasteiger partial charge in [-0.1, -0.05) is 12.6 Å².